The maximum atomic E-state index is 13.8. The monoisotopic (exact) mass is 313 g/mol. The average molecular weight is 313 g/mol. The molecule has 1 N–H and O–H groups in total. The van der Waals surface area contributed by atoms with E-state index in [0.29, 0.717) is 0 Å². The molecule has 0 aliphatic rings. The van der Waals surface area contributed by atoms with Gasteiger partial charge >= 0.3 is 5.97 Å². The molecular formula is C14H13F2NO5. The molecule has 118 valence electrons. The molecule has 0 saturated carbocycles. The first-order valence-corrected chi connectivity index (χ1v) is 6.12. The summed E-state index contributed by atoms with van der Waals surface area (Å²) in [4.78, 5) is 10.8. The largest absolute Gasteiger partial charge is 0.493 e. The first-order valence-electron chi connectivity index (χ1n) is 6.12. The molecule has 0 aliphatic carbocycles. The van der Waals surface area contributed by atoms with Crippen LogP contribution in [0.3, 0.4) is 0 Å². The van der Waals surface area contributed by atoms with E-state index in [1.54, 1.807) is 0 Å². The maximum Gasteiger partial charge on any atom is 0.358 e. The third-order valence-electron chi connectivity index (χ3n) is 2.97. The van der Waals surface area contributed by atoms with E-state index < -0.39 is 17.5 Å². The van der Waals surface area contributed by atoms with Gasteiger partial charge in [-0.15, -0.1) is 0 Å². The summed E-state index contributed by atoms with van der Waals surface area (Å²) in [6.45, 7) is 0.719. The number of aromatic nitrogens is 1. The summed E-state index contributed by atoms with van der Waals surface area (Å²) in [6.07, 6.45) is 0. The molecule has 0 bridgehead atoms. The lowest BCUT2D eigenvalue weighted by Gasteiger charge is -2.18. The van der Waals surface area contributed by atoms with E-state index in [2.05, 4.69) is 5.16 Å². The number of methoxy groups -OCH3 is 2. The summed E-state index contributed by atoms with van der Waals surface area (Å²) < 4.78 is 42.5. The molecule has 1 aromatic carbocycles. The molecule has 0 unspecified atom stereocenters. The minimum atomic E-state index is -3.19. The number of aromatic carboxylic acids is 1. The van der Waals surface area contributed by atoms with Crippen LogP contribution in [0.1, 0.15) is 23.0 Å². The van der Waals surface area contributed by atoms with Crippen LogP contribution in [0, 0.1) is 0 Å². The van der Waals surface area contributed by atoms with Crippen molar-refractivity contribution in [2.45, 2.75) is 12.8 Å². The Hall–Kier alpha value is -2.64. The Kier molecular flexibility index (Phi) is 4.03. The zero-order chi connectivity index (χ0) is 16.5. The van der Waals surface area contributed by atoms with Gasteiger partial charge < -0.3 is 19.1 Å². The van der Waals surface area contributed by atoms with Crippen molar-refractivity contribution in [3.05, 3.63) is 29.5 Å². The van der Waals surface area contributed by atoms with Gasteiger partial charge in [0, 0.05) is 18.6 Å². The van der Waals surface area contributed by atoms with Gasteiger partial charge in [0.05, 0.1) is 19.8 Å². The van der Waals surface area contributed by atoms with Crippen LogP contribution in [0.2, 0.25) is 0 Å². The average Bonchev–Trinajstić information content (AvgIpc) is 2.94. The Balaban J connectivity index is 2.64. The van der Waals surface area contributed by atoms with Crippen molar-refractivity contribution in [3.8, 4) is 22.8 Å². The minimum Gasteiger partial charge on any atom is -0.493 e. The van der Waals surface area contributed by atoms with Crippen LogP contribution in [0.25, 0.3) is 11.3 Å². The number of nitrogens with zero attached hydrogens (tertiary/aromatic N) is 1. The van der Waals surface area contributed by atoms with Crippen molar-refractivity contribution in [1.29, 1.82) is 0 Å². The molecule has 1 heterocycles. The van der Waals surface area contributed by atoms with Gasteiger partial charge in [0.1, 0.15) is 0 Å². The maximum absolute atomic E-state index is 13.8. The lowest BCUT2D eigenvalue weighted by molar-refractivity contribution is 0.0147. The molecule has 2 rings (SSSR count). The predicted molar refractivity (Wildman–Crippen MR) is 71.6 cm³/mol. The number of carboxylic acids is 1. The quantitative estimate of drug-likeness (QED) is 0.913. The first-order chi connectivity index (χ1) is 10.3. The summed E-state index contributed by atoms with van der Waals surface area (Å²) in [6, 6.07) is 3.69. The van der Waals surface area contributed by atoms with Crippen molar-refractivity contribution in [3.63, 3.8) is 0 Å². The van der Waals surface area contributed by atoms with Gasteiger partial charge in [0.15, 0.2) is 23.0 Å². The van der Waals surface area contributed by atoms with E-state index in [1.807, 2.05) is 0 Å². The highest BCUT2D eigenvalue weighted by Gasteiger charge is 2.32. The number of ether oxygens (including phenoxy) is 2. The fourth-order valence-electron chi connectivity index (χ4n) is 1.94. The molecule has 1 aromatic heterocycles. The third kappa shape index (κ3) is 2.85. The van der Waals surface area contributed by atoms with Gasteiger partial charge in [-0.05, 0) is 12.1 Å². The van der Waals surface area contributed by atoms with Crippen molar-refractivity contribution >= 4 is 5.97 Å². The highest BCUT2D eigenvalue weighted by Crippen LogP contribution is 2.43. The van der Waals surface area contributed by atoms with E-state index in [0.717, 1.165) is 19.1 Å². The van der Waals surface area contributed by atoms with Crippen molar-refractivity contribution in [1.82, 2.24) is 5.16 Å². The molecule has 8 heteroatoms. The second-order valence-electron chi connectivity index (χ2n) is 4.53. The van der Waals surface area contributed by atoms with Crippen LogP contribution in [0.15, 0.2) is 22.7 Å². The standard InChI is InChI=1S/C14H13F2NO5/c1-14(15,16)8-4-7(5-11(20-2)12(8)21-3)10-6-9(13(18)19)17-22-10/h4-6H,1-3H3,(H,18,19). The second kappa shape index (κ2) is 5.63. The molecule has 22 heavy (non-hydrogen) atoms. The Morgan fingerprint density at radius 1 is 1.27 bits per heavy atom. The Labute approximate surface area is 124 Å². The van der Waals surface area contributed by atoms with E-state index >= 15 is 0 Å². The fourth-order valence-corrected chi connectivity index (χ4v) is 1.94. The first kappa shape index (κ1) is 15.7. The summed E-state index contributed by atoms with van der Waals surface area (Å²) in [5.41, 5.74) is -0.526. The Morgan fingerprint density at radius 2 is 1.95 bits per heavy atom. The summed E-state index contributed by atoms with van der Waals surface area (Å²) in [5.74, 6) is -4.47. The van der Waals surface area contributed by atoms with Crippen molar-refractivity contribution in [2.75, 3.05) is 14.2 Å². The van der Waals surface area contributed by atoms with E-state index in [-0.39, 0.29) is 28.5 Å². The topological polar surface area (TPSA) is 81.8 Å². The van der Waals surface area contributed by atoms with Crippen molar-refractivity contribution < 1.29 is 32.7 Å². The lowest BCUT2D eigenvalue weighted by atomic mass is 10.0. The minimum absolute atomic E-state index is 0.0313. The van der Waals surface area contributed by atoms with E-state index in [4.69, 9.17) is 19.1 Å². The van der Waals surface area contributed by atoms with Crippen LogP contribution in [0.4, 0.5) is 8.78 Å². The Morgan fingerprint density at radius 3 is 2.41 bits per heavy atom. The smallest absolute Gasteiger partial charge is 0.358 e. The molecular weight excluding hydrogens is 300 g/mol. The number of alkyl halides is 2. The molecule has 0 radical (unpaired) electrons. The highest BCUT2D eigenvalue weighted by atomic mass is 19.3. The van der Waals surface area contributed by atoms with Gasteiger partial charge in [0.2, 0.25) is 0 Å². The number of carboxylic acid groups (broad SMARTS) is 1. The van der Waals surface area contributed by atoms with E-state index in [1.165, 1.54) is 20.3 Å². The number of halogens is 2. The van der Waals surface area contributed by atoms with Gasteiger partial charge in [-0.2, -0.15) is 0 Å². The predicted octanol–water partition coefficient (Wildman–Crippen LogP) is 3.17. The van der Waals surface area contributed by atoms with Crippen LogP contribution in [-0.4, -0.2) is 30.5 Å². The van der Waals surface area contributed by atoms with Crippen molar-refractivity contribution in [2.24, 2.45) is 0 Å². The second-order valence-corrected chi connectivity index (χ2v) is 4.53. The molecule has 0 fully saturated rings. The van der Waals surface area contributed by atoms with Gasteiger partial charge in [0.25, 0.3) is 5.92 Å². The molecule has 0 atom stereocenters. The lowest BCUT2D eigenvalue weighted by Crippen LogP contribution is -2.10. The fraction of sp³-hybridized carbons (Fsp3) is 0.286. The van der Waals surface area contributed by atoms with Gasteiger partial charge in [-0.25, -0.2) is 13.6 Å². The SMILES string of the molecule is COc1cc(-c2cc(C(=O)O)no2)cc(C(C)(F)F)c1OC. The summed E-state index contributed by atoms with van der Waals surface area (Å²) in [7, 11) is 2.56. The summed E-state index contributed by atoms with van der Waals surface area (Å²) >= 11 is 0. The molecule has 0 amide bonds. The number of rotatable bonds is 5. The normalized spacial score (nSPS) is 11.3. The zero-order valence-corrected chi connectivity index (χ0v) is 12.0. The molecule has 2 aromatic rings. The zero-order valence-electron chi connectivity index (χ0n) is 12.0. The molecule has 0 spiro atoms. The Bertz CT molecular complexity index is 706. The van der Waals surface area contributed by atoms with Crippen LogP contribution >= 0.6 is 0 Å². The third-order valence-corrected chi connectivity index (χ3v) is 2.97. The molecule has 0 saturated heterocycles. The van der Waals surface area contributed by atoms with Crippen LogP contribution in [0.5, 0.6) is 11.5 Å². The molecule has 0 aliphatic heterocycles. The van der Waals surface area contributed by atoms with E-state index in [9.17, 15) is 13.6 Å². The van der Waals surface area contributed by atoms with Crippen LogP contribution < -0.4 is 9.47 Å². The number of carbonyl (C=O) groups is 1. The number of hydrogen-bond donors (Lipinski definition) is 1. The van der Waals surface area contributed by atoms with Crippen LogP contribution in [-0.2, 0) is 5.92 Å². The van der Waals surface area contributed by atoms with Gasteiger partial charge in [-0.3, -0.25) is 0 Å². The van der Waals surface area contributed by atoms with Gasteiger partial charge in [-0.1, -0.05) is 5.16 Å². The number of benzene rings is 1. The molecule has 6 nitrogen and oxygen atoms in total. The number of hydrogen-bond acceptors (Lipinski definition) is 5. The highest BCUT2D eigenvalue weighted by molar-refractivity contribution is 5.86. The summed E-state index contributed by atoms with van der Waals surface area (Å²) in [5, 5.41) is 12.2.